The molecule has 0 aliphatic rings. The molecule has 0 radical (unpaired) electrons. The molecule has 0 saturated carbocycles. The van der Waals surface area contributed by atoms with Gasteiger partial charge in [0.1, 0.15) is 0 Å². The van der Waals surface area contributed by atoms with Gasteiger partial charge in [-0.3, -0.25) is 10.1 Å². The van der Waals surface area contributed by atoms with Crippen LogP contribution in [0.1, 0.15) is 17.3 Å². The number of nitrogens with one attached hydrogen (secondary N) is 1. The monoisotopic (exact) mass is 445 g/mol. The number of aromatic amines is 1. The number of nitrogens with zero attached hydrogens (tertiary/aromatic N) is 4. The molecule has 5 rings (SSSR count). The van der Waals surface area contributed by atoms with Crippen LogP contribution in [0.15, 0.2) is 66.4 Å². The molecule has 32 heavy (non-hydrogen) atoms. The Kier molecular flexibility index (Phi) is 5.44. The first-order valence-corrected chi connectivity index (χ1v) is 10.9. The summed E-state index contributed by atoms with van der Waals surface area (Å²) in [6.45, 7) is 0. The Bertz CT molecular complexity index is 1350. The summed E-state index contributed by atoms with van der Waals surface area (Å²) in [5.74, 6) is -0.257. The molecule has 0 spiro atoms. The Morgan fingerprint density at radius 2 is 1.84 bits per heavy atom. The highest BCUT2D eigenvalue weighted by atomic mass is 32.1. The van der Waals surface area contributed by atoms with Gasteiger partial charge >= 0.3 is 0 Å². The lowest BCUT2D eigenvalue weighted by Gasteiger charge is -2.21. The molecule has 9 heteroatoms. The van der Waals surface area contributed by atoms with Gasteiger partial charge in [0.25, 0.3) is 0 Å². The number of rotatable bonds is 6. The lowest BCUT2D eigenvalue weighted by Crippen LogP contribution is -2.36. The highest BCUT2D eigenvalue weighted by Crippen LogP contribution is 2.37. The highest BCUT2D eigenvalue weighted by molar-refractivity contribution is 7.17. The van der Waals surface area contributed by atoms with Crippen LogP contribution >= 0.6 is 11.3 Å². The second-order valence-corrected chi connectivity index (χ2v) is 8.34. The van der Waals surface area contributed by atoms with E-state index in [1.807, 2.05) is 41.8 Å². The lowest BCUT2D eigenvalue weighted by atomic mass is 9.97. The summed E-state index contributed by atoms with van der Waals surface area (Å²) in [5.41, 5.74) is 17.4. The van der Waals surface area contributed by atoms with Crippen LogP contribution in [0.25, 0.3) is 32.9 Å². The fraction of sp³-hybridized carbons (Fsp3) is 0.130. The Balaban J connectivity index is 1.64. The van der Waals surface area contributed by atoms with Crippen LogP contribution in [0.3, 0.4) is 0 Å². The van der Waals surface area contributed by atoms with E-state index < -0.39 is 11.9 Å². The summed E-state index contributed by atoms with van der Waals surface area (Å²) in [4.78, 5) is 13.2. The molecule has 160 valence electrons. The molecule has 7 nitrogen and oxygen atoms in total. The molecule has 0 bridgehead atoms. The molecule has 1 aromatic carbocycles. The summed E-state index contributed by atoms with van der Waals surface area (Å²) < 4.78 is 15.4. The van der Waals surface area contributed by atoms with E-state index in [0.29, 0.717) is 17.6 Å². The largest absolute Gasteiger partial charge is 0.326 e. The minimum Gasteiger partial charge on any atom is -0.326 e. The minimum absolute atomic E-state index is 0.244. The average molecular weight is 446 g/mol. The number of pyridine rings is 1. The molecule has 0 aliphatic heterocycles. The standard InChI is InChI=1S/C23H20FN7S/c24-16-11-27-8-6-14(16)23-29-20-15(18-7-9-28-31-18)12-32-22(20)21(30-23)19(26)17(25)10-13-4-2-1-3-5-13/h1-9,11-12,17,19H,10,25-26H2,(H,28,31). The topological polar surface area (TPSA) is 119 Å². The third kappa shape index (κ3) is 3.77. The fourth-order valence-electron chi connectivity index (χ4n) is 3.66. The van der Waals surface area contributed by atoms with Gasteiger partial charge in [-0.05, 0) is 24.1 Å². The van der Waals surface area contributed by atoms with Crippen LogP contribution in [0.4, 0.5) is 4.39 Å². The predicted molar refractivity (Wildman–Crippen MR) is 123 cm³/mol. The predicted octanol–water partition coefficient (Wildman–Crippen LogP) is 3.85. The second-order valence-electron chi connectivity index (χ2n) is 7.46. The van der Waals surface area contributed by atoms with Gasteiger partial charge in [0, 0.05) is 29.4 Å². The third-order valence-corrected chi connectivity index (χ3v) is 6.33. The maximum absolute atomic E-state index is 14.5. The van der Waals surface area contributed by atoms with Crippen LogP contribution < -0.4 is 11.5 Å². The van der Waals surface area contributed by atoms with Gasteiger partial charge in [-0.1, -0.05) is 30.3 Å². The summed E-state index contributed by atoms with van der Waals surface area (Å²) in [7, 11) is 0. The van der Waals surface area contributed by atoms with Crippen molar-refractivity contribution in [2.45, 2.75) is 18.5 Å². The number of halogens is 1. The van der Waals surface area contributed by atoms with Crippen molar-refractivity contribution in [1.82, 2.24) is 25.1 Å². The van der Waals surface area contributed by atoms with E-state index >= 15 is 0 Å². The van der Waals surface area contributed by atoms with Crippen LogP contribution in [0.2, 0.25) is 0 Å². The average Bonchev–Trinajstić information content (AvgIpc) is 3.48. The zero-order chi connectivity index (χ0) is 22.1. The van der Waals surface area contributed by atoms with E-state index in [2.05, 4.69) is 20.2 Å². The molecule has 2 atom stereocenters. The first-order chi connectivity index (χ1) is 15.6. The van der Waals surface area contributed by atoms with Gasteiger partial charge in [-0.15, -0.1) is 11.3 Å². The van der Waals surface area contributed by atoms with Crippen molar-refractivity contribution in [1.29, 1.82) is 0 Å². The molecular formula is C23H20FN7S. The van der Waals surface area contributed by atoms with Crippen molar-refractivity contribution in [3.8, 4) is 22.6 Å². The van der Waals surface area contributed by atoms with Crippen molar-refractivity contribution < 1.29 is 4.39 Å². The molecule has 0 aliphatic carbocycles. The zero-order valence-electron chi connectivity index (χ0n) is 16.9. The molecule has 2 unspecified atom stereocenters. The quantitative estimate of drug-likeness (QED) is 0.365. The van der Waals surface area contributed by atoms with Crippen molar-refractivity contribution in [3.63, 3.8) is 0 Å². The number of nitrogens with two attached hydrogens (primary N) is 2. The number of thiophene rings is 1. The molecular weight excluding hydrogens is 425 g/mol. The molecule has 0 saturated heterocycles. The first kappa shape index (κ1) is 20.4. The fourth-order valence-corrected chi connectivity index (χ4v) is 4.70. The van der Waals surface area contributed by atoms with Crippen LogP contribution in [-0.2, 0) is 6.42 Å². The Morgan fingerprint density at radius 3 is 2.59 bits per heavy atom. The molecule has 0 amide bonds. The summed E-state index contributed by atoms with van der Waals surface area (Å²) >= 11 is 1.48. The van der Waals surface area contributed by atoms with Crippen molar-refractivity contribution in [2.24, 2.45) is 11.5 Å². The van der Waals surface area contributed by atoms with Gasteiger partial charge < -0.3 is 11.5 Å². The first-order valence-electron chi connectivity index (χ1n) is 10.1. The van der Waals surface area contributed by atoms with E-state index in [0.717, 1.165) is 27.7 Å². The lowest BCUT2D eigenvalue weighted by molar-refractivity contribution is 0.536. The number of hydrogen-bond acceptors (Lipinski definition) is 7. The van der Waals surface area contributed by atoms with Gasteiger partial charge in [0.15, 0.2) is 11.6 Å². The zero-order valence-corrected chi connectivity index (χ0v) is 17.8. The molecule has 4 aromatic heterocycles. The normalized spacial score (nSPS) is 13.3. The summed E-state index contributed by atoms with van der Waals surface area (Å²) in [6.07, 6.45) is 4.92. The Morgan fingerprint density at radius 1 is 1.00 bits per heavy atom. The van der Waals surface area contributed by atoms with Crippen LogP contribution in [-0.4, -0.2) is 31.2 Å². The smallest absolute Gasteiger partial charge is 0.163 e. The number of H-pyrrole nitrogens is 1. The third-order valence-electron chi connectivity index (χ3n) is 5.34. The van der Waals surface area contributed by atoms with Gasteiger partial charge in [-0.25, -0.2) is 14.4 Å². The maximum atomic E-state index is 14.5. The molecule has 5 aromatic rings. The second kappa shape index (κ2) is 8.54. The van der Waals surface area contributed by atoms with Gasteiger partial charge in [0.2, 0.25) is 0 Å². The SMILES string of the molecule is NC(Cc1ccccc1)C(N)c1nc(-c2ccncc2F)nc2c(-c3ccn[nH]3)csc12. The van der Waals surface area contributed by atoms with E-state index in [4.69, 9.17) is 16.5 Å². The maximum Gasteiger partial charge on any atom is 0.163 e. The van der Waals surface area contributed by atoms with E-state index in [1.54, 1.807) is 12.3 Å². The Labute approximate surface area is 187 Å². The van der Waals surface area contributed by atoms with Crippen molar-refractivity contribution in [3.05, 3.63) is 83.5 Å². The highest BCUT2D eigenvalue weighted by Gasteiger charge is 2.25. The van der Waals surface area contributed by atoms with Crippen LogP contribution in [0, 0.1) is 5.82 Å². The summed E-state index contributed by atoms with van der Waals surface area (Å²) in [6, 6.07) is 12.4. The molecule has 5 N–H and O–H groups in total. The van der Waals surface area contributed by atoms with Gasteiger partial charge in [-0.2, -0.15) is 5.10 Å². The minimum atomic E-state index is -0.572. The number of fused-ring (bicyclic) bond motifs is 1. The molecule has 0 fully saturated rings. The van der Waals surface area contributed by atoms with Gasteiger partial charge in [0.05, 0.1) is 39.4 Å². The van der Waals surface area contributed by atoms with Crippen molar-refractivity contribution >= 4 is 21.6 Å². The number of hydrogen-bond donors (Lipinski definition) is 3. The molecule has 4 heterocycles. The van der Waals surface area contributed by atoms with Crippen molar-refractivity contribution in [2.75, 3.05) is 0 Å². The number of benzene rings is 1. The summed E-state index contributed by atoms with van der Waals surface area (Å²) in [5, 5.41) is 8.97. The van der Waals surface area contributed by atoms with E-state index in [-0.39, 0.29) is 17.4 Å². The number of aromatic nitrogens is 5. The Hall–Kier alpha value is -3.53. The van der Waals surface area contributed by atoms with E-state index in [9.17, 15) is 4.39 Å². The van der Waals surface area contributed by atoms with E-state index in [1.165, 1.54) is 17.5 Å². The van der Waals surface area contributed by atoms with Crippen LogP contribution in [0.5, 0.6) is 0 Å².